The summed E-state index contributed by atoms with van der Waals surface area (Å²) in [6, 6.07) is 0.718. The van der Waals surface area contributed by atoms with Crippen molar-refractivity contribution in [3.05, 3.63) is 16.6 Å². The first-order chi connectivity index (χ1) is 7.90. The normalized spacial score (nSPS) is 21.5. The fourth-order valence-electron chi connectivity index (χ4n) is 2.34. The Balaban J connectivity index is 1.92. The van der Waals surface area contributed by atoms with Gasteiger partial charge in [0.1, 0.15) is 0 Å². The number of aromatic nitrogens is 1. The summed E-state index contributed by atoms with van der Waals surface area (Å²) in [4.78, 5) is 8.16. The molecule has 0 aliphatic carbocycles. The molecule has 1 atom stereocenters. The van der Waals surface area contributed by atoms with E-state index in [9.17, 15) is 0 Å². The zero-order valence-electron chi connectivity index (χ0n) is 9.98. The molecule has 1 aromatic rings. The molecule has 2 heterocycles. The molecule has 1 unspecified atom stereocenters. The van der Waals surface area contributed by atoms with Crippen molar-refractivity contribution in [1.29, 1.82) is 0 Å². The van der Waals surface area contributed by atoms with Crippen LogP contribution < -0.4 is 5.32 Å². The topological polar surface area (TPSA) is 28.2 Å². The summed E-state index contributed by atoms with van der Waals surface area (Å²) < 4.78 is 0. The summed E-state index contributed by atoms with van der Waals surface area (Å²) in [5, 5.41) is 3.50. The summed E-state index contributed by atoms with van der Waals surface area (Å²) in [5.41, 5.74) is 1.93. The van der Waals surface area contributed by atoms with Gasteiger partial charge in [0.15, 0.2) is 0 Å². The second kappa shape index (κ2) is 6.33. The van der Waals surface area contributed by atoms with E-state index < -0.39 is 0 Å². The van der Waals surface area contributed by atoms with E-state index in [4.69, 9.17) is 0 Å². The molecule has 1 aromatic heterocycles. The molecule has 90 valence electrons. The van der Waals surface area contributed by atoms with E-state index in [2.05, 4.69) is 22.1 Å². The van der Waals surface area contributed by atoms with E-state index in [1.807, 2.05) is 11.7 Å². The first-order valence-corrected chi connectivity index (χ1v) is 7.10. The maximum Gasteiger partial charge on any atom is 0.0794 e. The number of nitrogens with zero attached hydrogens (tertiary/aromatic N) is 2. The van der Waals surface area contributed by atoms with E-state index in [-0.39, 0.29) is 0 Å². The van der Waals surface area contributed by atoms with Gasteiger partial charge in [-0.25, -0.2) is 0 Å². The van der Waals surface area contributed by atoms with Gasteiger partial charge in [0.25, 0.3) is 0 Å². The Morgan fingerprint density at radius 2 is 2.56 bits per heavy atom. The van der Waals surface area contributed by atoms with Crippen molar-refractivity contribution in [2.75, 3.05) is 19.6 Å². The monoisotopic (exact) mass is 239 g/mol. The first-order valence-electron chi connectivity index (χ1n) is 6.22. The van der Waals surface area contributed by atoms with Gasteiger partial charge in [-0.05, 0) is 32.4 Å². The van der Waals surface area contributed by atoms with Crippen molar-refractivity contribution < 1.29 is 0 Å². The highest BCUT2D eigenvalue weighted by molar-refractivity contribution is 7.09. The van der Waals surface area contributed by atoms with E-state index in [1.54, 1.807) is 11.3 Å². The Labute approximate surface area is 102 Å². The molecular formula is C12H21N3S. The molecule has 0 spiro atoms. The molecule has 1 N–H and O–H groups in total. The predicted octanol–water partition coefficient (Wildman–Crippen LogP) is 2.11. The maximum absolute atomic E-state index is 4.16. The summed E-state index contributed by atoms with van der Waals surface area (Å²) in [6.45, 7) is 6.88. The van der Waals surface area contributed by atoms with Crippen LogP contribution in [-0.2, 0) is 6.54 Å². The van der Waals surface area contributed by atoms with Crippen molar-refractivity contribution in [2.45, 2.75) is 38.8 Å². The van der Waals surface area contributed by atoms with Crippen molar-refractivity contribution in [2.24, 2.45) is 0 Å². The number of thiazole rings is 1. The van der Waals surface area contributed by atoms with Gasteiger partial charge in [0, 0.05) is 30.2 Å². The highest BCUT2D eigenvalue weighted by Crippen LogP contribution is 2.16. The van der Waals surface area contributed by atoms with Crippen LogP contribution >= 0.6 is 11.3 Å². The summed E-state index contributed by atoms with van der Waals surface area (Å²) in [7, 11) is 0. The minimum atomic E-state index is 0.718. The third kappa shape index (κ3) is 3.27. The Hall–Kier alpha value is -0.450. The largest absolute Gasteiger partial charge is 0.315 e. The van der Waals surface area contributed by atoms with Crippen LogP contribution in [0.3, 0.4) is 0 Å². The molecular weight excluding hydrogens is 218 g/mol. The van der Waals surface area contributed by atoms with Crippen LogP contribution in [0.5, 0.6) is 0 Å². The fraction of sp³-hybridized carbons (Fsp3) is 0.750. The van der Waals surface area contributed by atoms with Gasteiger partial charge in [-0.1, -0.05) is 6.92 Å². The third-order valence-electron chi connectivity index (χ3n) is 3.14. The molecule has 0 amide bonds. The molecule has 0 bridgehead atoms. The molecule has 1 saturated heterocycles. The number of rotatable bonds is 5. The Bertz CT molecular complexity index is 280. The molecule has 0 radical (unpaired) electrons. The molecule has 0 saturated carbocycles. The highest BCUT2D eigenvalue weighted by Gasteiger charge is 2.20. The van der Waals surface area contributed by atoms with Crippen LogP contribution in [0.25, 0.3) is 0 Å². The number of piperidine rings is 1. The van der Waals surface area contributed by atoms with Gasteiger partial charge < -0.3 is 5.32 Å². The molecule has 3 nitrogen and oxygen atoms in total. The molecule has 1 aliphatic rings. The van der Waals surface area contributed by atoms with Crippen LogP contribution in [0.1, 0.15) is 31.1 Å². The van der Waals surface area contributed by atoms with E-state index in [0.29, 0.717) is 0 Å². The SMILES string of the molecule is CCCN(Cc1cncs1)C1CCCNC1. The third-order valence-corrected chi connectivity index (χ3v) is 3.90. The average Bonchev–Trinajstić information content (AvgIpc) is 2.83. The predicted molar refractivity (Wildman–Crippen MR) is 68.7 cm³/mol. The van der Waals surface area contributed by atoms with Gasteiger partial charge in [-0.15, -0.1) is 11.3 Å². The van der Waals surface area contributed by atoms with Crippen molar-refractivity contribution in [3.8, 4) is 0 Å². The number of nitrogens with one attached hydrogen (secondary N) is 1. The lowest BCUT2D eigenvalue weighted by Gasteiger charge is -2.34. The van der Waals surface area contributed by atoms with Gasteiger partial charge in [-0.3, -0.25) is 9.88 Å². The second-order valence-electron chi connectivity index (χ2n) is 4.44. The van der Waals surface area contributed by atoms with Crippen LogP contribution in [-0.4, -0.2) is 35.6 Å². The lowest BCUT2D eigenvalue weighted by Crippen LogP contribution is -2.45. The smallest absolute Gasteiger partial charge is 0.0794 e. The van der Waals surface area contributed by atoms with Gasteiger partial charge in [0.05, 0.1) is 5.51 Å². The van der Waals surface area contributed by atoms with Crippen LogP contribution in [0.2, 0.25) is 0 Å². The molecule has 1 fully saturated rings. The van der Waals surface area contributed by atoms with Gasteiger partial charge >= 0.3 is 0 Å². The quantitative estimate of drug-likeness (QED) is 0.853. The minimum absolute atomic E-state index is 0.718. The Morgan fingerprint density at radius 3 is 3.19 bits per heavy atom. The van der Waals surface area contributed by atoms with E-state index >= 15 is 0 Å². The number of hydrogen-bond acceptors (Lipinski definition) is 4. The summed E-state index contributed by atoms with van der Waals surface area (Å²) in [6.07, 6.45) is 5.89. The maximum atomic E-state index is 4.16. The number of hydrogen-bond donors (Lipinski definition) is 1. The minimum Gasteiger partial charge on any atom is -0.315 e. The van der Waals surface area contributed by atoms with E-state index in [0.717, 1.165) is 19.1 Å². The molecule has 16 heavy (non-hydrogen) atoms. The Morgan fingerprint density at radius 1 is 1.62 bits per heavy atom. The summed E-state index contributed by atoms with van der Waals surface area (Å²) >= 11 is 1.77. The van der Waals surface area contributed by atoms with Crippen molar-refractivity contribution in [1.82, 2.24) is 15.2 Å². The van der Waals surface area contributed by atoms with Gasteiger partial charge in [0.2, 0.25) is 0 Å². The lowest BCUT2D eigenvalue weighted by molar-refractivity contribution is 0.159. The second-order valence-corrected chi connectivity index (χ2v) is 5.41. The van der Waals surface area contributed by atoms with Crippen molar-refractivity contribution in [3.63, 3.8) is 0 Å². The lowest BCUT2D eigenvalue weighted by atomic mass is 10.1. The molecule has 0 aromatic carbocycles. The Kier molecular flexibility index (Phi) is 4.75. The average molecular weight is 239 g/mol. The van der Waals surface area contributed by atoms with Gasteiger partial charge in [-0.2, -0.15) is 0 Å². The first kappa shape index (κ1) is 12.0. The van der Waals surface area contributed by atoms with E-state index in [1.165, 1.54) is 37.2 Å². The molecule has 2 rings (SSSR count). The summed E-state index contributed by atoms with van der Waals surface area (Å²) in [5.74, 6) is 0. The molecule has 1 aliphatic heterocycles. The fourth-order valence-corrected chi connectivity index (χ4v) is 2.96. The molecule has 4 heteroatoms. The zero-order chi connectivity index (χ0) is 11.2. The van der Waals surface area contributed by atoms with Crippen molar-refractivity contribution >= 4 is 11.3 Å². The van der Waals surface area contributed by atoms with Crippen LogP contribution in [0, 0.1) is 0 Å². The van der Waals surface area contributed by atoms with Crippen LogP contribution in [0.15, 0.2) is 11.7 Å². The zero-order valence-corrected chi connectivity index (χ0v) is 10.8. The highest BCUT2D eigenvalue weighted by atomic mass is 32.1. The standard InChI is InChI=1S/C12H21N3S/c1-2-6-15(9-12-8-14-10-16-12)11-4-3-5-13-7-11/h8,10-11,13H,2-7,9H2,1H3. The van der Waals surface area contributed by atoms with Crippen LogP contribution in [0.4, 0.5) is 0 Å².